The van der Waals surface area contributed by atoms with Gasteiger partial charge in [0.05, 0.1) is 5.92 Å². The van der Waals surface area contributed by atoms with Gasteiger partial charge in [0, 0.05) is 24.3 Å². The van der Waals surface area contributed by atoms with Crippen molar-refractivity contribution in [1.29, 1.82) is 0 Å². The largest absolute Gasteiger partial charge is 0.382 e. The summed E-state index contributed by atoms with van der Waals surface area (Å²) in [6, 6.07) is 8.45. The molecule has 0 aromatic heterocycles. The first-order chi connectivity index (χ1) is 9.36. The van der Waals surface area contributed by atoms with Crippen LogP contribution in [-0.2, 0) is 11.2 Å². The lowest BCUT2D eigenvalue weighted by Gasteiger charge is -2.40. The number of rotatable bonds is 3. The van der Waals surface area contributed by atoms with E-state index in [9.17, 15) is 4.79 Å². The number of benzene rings is 1. The van der Waals surface area contributed by atoms with Gasteiger partial charge in [-0.15, -0.1) is 0 Å². The lowest BCUT2D eigenvalue weighted by molar-refractivity contribution is -0.139. The predicted molar refractivity (Wildman–Crippen MR) is 83.9 cm³/mol. The van der Waals surface area contributed by atoms with Crippen molar-refractivity contribution in [3.8, 4) is 0 Å². The first kappa shape index (κ1) is 14.9. The van der Waals surface area contributed by atoms with Gasteiger partial charge < -0.3 is 10.2 Å². The molecule has 0 fully saturated rings. The van der Waals surface area contributed by atoms with E-state index < -0.39 is 0 Å². The van der Waals surface area contributed by atoms with Crippen LogP contribution < -0.4 is 5.32 Å². The van der Waals surface area contributed by atoms with E-state index in [2.05, 4.69) is 45.1 Å². The number of hydrogen-bond acceptors (Lipinski definition) is 2. The fraction of sp³-hybridized carbons (Fsp3) is 0.588. The lowest BCUT2D eigenvalue weighted by Crippen LogP contribution is -2.51. The van der Waals surface area contributed by atoms with E-state index in [1.165, 1.54) is 11.3 Å². The van der Waals surface area contributed by atoms with Crippen LogP contribution in [0, 0.1) is 5.92 Å². The van der Waals surface area contributed by atoms with E-state index in [1.807, 2.05) is 24.1 Å². The molecule has 3 nitrogen and oxygen atoms in total. The summed E-state index contributed by atoms with van der Waals surface area (Å²) in [7, 11) is 1.93. The van der Waals surface area contributed by atoms with Crippen molar-refractivity contribution in [2.24, 2.45) is 5.92 Å². The molecule has 1 aromatic rings. The van der Waals surface area contributed by atoms with E-state index in [-0.39, 0.29) is 23.4 Å². The summed E-state index contributed by atoms with van der Waals surface area (Å²) in [5, 5.41) is 3.47. The van der Waals surface area contributed by atoms with Gasteiger partial charge in [0.25, 0.3) is 0 Å². The molecule has 2 unspecified atom stereocenters. The second-order valence-electron chi connectivity index (χ2n) is 6.46. The van der Waals surface area contributed by atoms with Crippen LogP contribution in [-0.4, -0.2) is 29.4 Å². The Morgan fingerprint density at radius 2 is 2.05 bits per heavy atom. The summed E-state index contributed by atoms with van der Waals surface area (Å²) in [6.07, 6.45) is 1.79. The molecule has 1 aromatic carbocycles. The molecule has 0 aliphatic carbocycles. The molecule has 2 rings (SSSR count). The zero-order chi connectivity index (χ0) is 14.9. The van der Waals surface area contributed by atoms with Gasteiger partial charge in [-0.1, -0.05) is 25.1 Å². The fourth-order valence-electron chi connectivity index (χ4n) is 2.68. The van der Waals surface area contributed by atoms with E-state index in [4.69, 9.17) is 0 Å². The van der Waals surface area contributed by atoms with Gasteiger partial charge >= 0.3 is 0 Å². The third-order valence-corrected chi connectivity index (χ3v) is 4.86. The van der Waals surface area contributed by atoms with Crippen LogP contribution in [0.15, 0.2) is 24.3 Å². The SMILES string of the molecule is CCC(C)(C)N(C)C(=O)C1Cc2ccccc2NC1C. The molecule has 0 bridgehead atoms. The number of para-hydroxylation sites is 1. The maximum absolute atomic E-state index is 12.8. The monoisotopic (exact) mass is 274 g/mol. The Morgan fingerprint density at radius 3 is 2.70 bits per heavy atom. The molecule has 1 aliphatic heterocycles. The highest BCUT2D eigenvalue weighted by atomic mass is 16.2. The second-order valence-corrected chi connectivity index (χ2v) is 6.46. The quantitative estimate of drug-likeness (QED) is 0.917. The van der Waals surface area contributed by atoms with E-state index in [1.54, 1.807) is 0 Å². The molecule has 0 radical (unpaired) electrons. The minimum Gasteiger partial charge on any atom is -0.382 e. The Labute approximate surface area is 122 Å². The zero-order valence-corrected chi connectivity index (χ0v) is 13.2. The van der Waals surface area contributed by atoms with Crippen LogP contribution in [0.3, 0.4) is 0 Å². The maximum Gasteiger partial charge on any atom is 0.228 e. The molecule has 1 heterocycles. The van der Waals surface area contributed by atoms with Crippen molar-refractivity contribution in [1.82, 2.24) is 4.90 Å². The van der Waals surface area contributed by atoms with Crippen molar-refractivity contribution in [3.05, 3.63) is 29.8 Å². The van der Waals surface area contributed by atoms with E-state index >= 15 is 0 Å². The number of nitrogens with zero attached hydrogens (tertiary/aromatic N) is 1. The number of hydrogen-bond donors (Lipinski definition) is 1. The highest BCUT2D eigenvalue weighted by Gasteiger charge is 2.36. The third kappa shape index (κ3) is 2.67. The molecule has 1 N–H and O–H groups in total. The molecule has 3 heteroatoms. The van der Waals surface area contributed by atoms with Crippen molar-refractivity contribution < 1.29 is 4.79 Å². The number of anilines is 1. The number of fused-ring (bicyclic) bond motifs is 1. The summed E-state index contributed by atoms with van der Waals surface area (Å²) in [6.45, 7) is 8.48. The van der Waals surface area contributed by atoms with Crippen LogP contribution in [0.5, 0.6) is 0 Å². The van der Waals surface area contributed by atoms with Gasteiger partial charge in [0.15, 0.2) is 0 Å². The van der Waals surface area contributed by atoms with Crippen molar-refractivity contribution in [2.45, 2.75) is 52.1 Å². The van der Waals surface area contributed by atoms with Crippen LogP contribution >= 0.6 is 0 Å². The first-order valence-electron chi connectivity index (χ1n) is 7.49. The normalized spacial score (nSPS) is 21.9. The molecule has 0 saturated heterocycles. The first-order valence-corrected chi connectivity index (χ1v) is 7.49. The standard InChI is InChI=1S/C17H26N2O/c1-6-17(3,4)19(5)16(20)14-11-13-9-7-8-10-15(13)18-12(14)2/h7-10,12,14,18H,6,11H2,1-5H3. The number of amides is 1. The molecule has 0 spiro atoms. The summed E-state index contributed by atoms with van der Waals surface area (Å²) in [4.78, 5) is 14.7. The summed E-state index contributed by atoms with van der Waals surface area (Å²) in [5.41, 5.74) is 2.32. The lowest BCUT2D eigenvalue weighted by atomic mass is 9.85. The van der Waals surface area contributed by atoms with Crippen LogP contribution in [0.25, 0.3) is 0 Å². The number of carbonyl (C=O) groups excluding carboxylic acids is 1. The molecule has 20 heavy (non-hydrogen) atoms. The average molecular weight is 274 g/mol. The topological polar surface area (TPSA) is 32.3 Å². The predicted octanol–water partition coefficient (Wildman–Crippen LogP) is 3.31. The second kappa shape index (κ2) is 5.47. The maximum atomic E-state index is 12.8. The highest BCUT2D eigenvalue weighted by Crippen LogP contribution is 2.30. The van der Waals surface area contributed by atoms with E-state index in [0.717, 1.165) is 12.8 Å². The Kier molecular flexibility index (Phi) is 4.07. The van der Waals surface area contributed by atoms with Crippen LogP contribution in [0.2, 0.25) is 0 Å². The Hall–Kier alpha value is -1.51. The molecule has 110 valence electrons. The Morgan fingerprint density at radius 1 is 1.40 bits per heavy atom. The van der Waals surface area contributed by atoms with Crippen molar-refractivity contribution >= 4 is 11.6 Å². The van der Waals surface area contributed by atoms with Gasteiger partial charge in [-0.3, -0.25) is 4.79 Å². The third-order valence-electron chi connectivity index (χ3n) is 4.86. The molecule has 1 aliphatic rings. The zero-order valence-electron chi connectivity index (χ0n) is 13.2. The van der Waals surface area contributed by atoms with Gasteiger partial charge in [-0.2, -0.15) is 0 Å². The van der Waals surface area contributed by atoms with Gasteiger partial charge in [-0.05, 0) is 45.2 Å². The van der Waals surface area contributed by atoms with Crippen LogP contribution in [0.4, 0.5) is 5.69 Å². The smallest absolute Gasteiger partial charge is 0.228 e. The van der Waals surface area contributed by atoms with Crippen molar-refractivity contribution in [3.63, 3.8) is 0 Å². The van der Waals surface area contributed by atoms with Gasteiger partial charge in [0.1, 0.15) is 0 Å². The Balaban J connectivity index is 2.20. The minimum absolute atomic E-state index is 0.0146. The van der Waals surface area contributed by atoms with Crippen molar-refractivity contribution in [2.75, 3.05) is 12.4 Å². The van der Waals surface area contributed by atoms with Gasteiger partial charge in [0.2, 0.25) is 5.91 Å². The average Bonchev–Trinajstić information content (AvgIpc) is 2.45. The molecule has 1 amide bonds. The van der Waals surface area contributed by atoms with Crippen LogP contribution in [0.1, 0.15) is 39.7 Å². The Bertz CT molecular complexity index is 496. The molecule has 0 saturated carbocycles. The van der Waals surface area contributed by atoms with Gasteiger partial charge in [-0.25, -0.2) is 0 Å². The number of carbonyl (C=O) groups is 1. The highest BCUT2D eigenvalue weighted by molar-refractivity contribution is 5.82. The molecular weight excluding hydrogens is 248 g/mol. The van der Waals surface area contributed by atoms with E-state index in [0.29, 0.717) is 0 Å². The fourth-order valence-corrected chi connectivity index (χ4v) is 2.68. The molecular formula is C17H26N2O. The summed E-state index contributed by atoms with van der Waals surface area (Å²) in [5.74, 6) is 0.257. The number of nitrogens with one attached hydrogen (secondary N) is 1. The minimum atomic E-state index is -0.0895. The summed E-state index contributed by atoms with van der Waals surface area (Å²) >= 11 is 0. The summed E-state index contributed by atoms with van der Waals surface area (Å²) < 4.78 is 0. The molecule has 2 atom stereocenters.